The number of aryl methyl sites for hydroxylation is 1. The van der Waals surface area contributed by atoms with Gasteiger partial charge in [0.05, 0.1) is 6.26 Å². The van der Waals surface area contributed by atoms with E-state index in [-0.39, 0.29) is 0 Å². The van der Waals surface area contributed by atoms with E-state index in [2.05, 4.69) is 26.3 Å². The molecule has 136 valence electrons. The summed E-state index contributed by atoms with van der Waals surface area (Å²) in [6.07, 6.45) is 11.6. The molecule has 7 heteroatoms. The lowest BCUT2D eigenvalue weighted by Gasteiger charge is -2.05. The molecule has 0 saturated carbocycles. The molecule has 0 bridgehead atoms. The van der Waals surface area contributed by atoms with Gasteiger partial charge in [-0.3, -0.25) is 9.98 Å². The van der Waals surface area contributed by atoms with Crippen LogP contribution in [0.4, 0.5) is 0 Å². The van der Waals surface area contributed by atoms with Crippen molar-refractivity contribution in [1.29, 1.82) is 0 Å². The van der Waals surface area contributed by atoms with Crippen molar-refractivity contribution in [2.45, 2.75) is 20.8 Å². The van der Waals surface area contributed by atoms with Gasteiger partial charge in [0.15, 0.2) is 0 Å². The first-order valence-corrected chi connectivity index (χ1v) is 9.35. The Labute approximate surface area is 150 Å². The number of rotatable bonds is 5. The van der Waals surface area contributed by atoms with E-state index in [1.54, 1.807) is 51.5 Å². The monoisotopic (exact) mass is 362 g/mol. The molecule has 0 aromatic carbocycles. The molecule has 0 spiro atoms. The van der Waals surface area contributed by atoms with Gasteiger partial charge in [0.1, 0.15) is 5.84 Å². The Morgan fingerprint density at radius 3 is 2.48 bits per heavy atom. The Morgan fingerprint density at radius 1 is 1.36 bits per heavy atom. The van der Waals surface area contributed by atoms with Crippen LogP contribution in [0.2, 0.25) is 0 Å². The fraction of sp³-hybridized carbons (Fsp3) is 0.278. The summed E-state index contributed by atoms with van der Waals surface area (Å²) in [6, 6.07) is 3.95. The lowest BCUT2D eigenvalue weighted by Crippen LogP contribution is -2.19. The van der Waals surface area contributed by atoms with E-state index in [9.17, 15) is 8.42 Å². The lowest BCUT2D eigenvalue weighted by atomic mass is 10.2. The van der Waals surface area contributed by atoms with Gasteiger partial charge in [0.2, 0.25) is 0 Å². The summed E-state index contributed by atoms with van der Waals surface area (Å²) >= 11 is 0. The largest absolute Gasteiger partial charge is 0.347 e. The number of nitrogens with one attached hydrogen (secondary N) is 1. The third kappa shape index (κ3) is 14.8. The van der Waals surface area contributed by atoms with Crippen LogP contribution in [0.3, 0.4) is 0 Å². The van der Waals surface area contributed by atoms with E-state index in [0.29, 0.717) is 5.84 Å². The highest BCUT2D eigenvalue weighted by molar-refractivity contribution is 7.89. The summed E-state index contributed by atoms with van der Waals surface area (Å²) in [6.45, 7) is 9.23. The van der Waals surface area contributed by atoms with E-state index in [1.165, 1.54) is 5.56 Å². The summed E-state index contributed by atoms with van der Waals surface area (Å²) in [7, 11) is -1.69. The van der Waals surface area contributed by atoms with Crippen LogP contribution in [0.5, 0.6) is 0 Å². The molecular formula is C18H26N4O2S. The van der Waals surface area contributed by atoms with Gasteiger partial charge in [-0.15, -0.1) is 0 Å². The Balaban J connectivity index is 0.000000676. The fourth-order valence-corrected chi connectivity index (χ4v) is 2.16. The van der Waals surface area contributed by atoms with E-state index in [4.69, 9.17) is 0 Å². The van der Waals surface area contributed by atoms with Crippen LogP contribution in [0, 0.1) is 6.92 Å². The Morgan fingerprint density at radius 2 is 2.04 bits per heavy atom. The lowest BCUT2D eigenvalue weighted by molar-refractivity contribution is 0.603. The minimum Gasteiger partial charge on any atom is -0.347 e. The molecule has 1 heterocycles. The quantitative estimate of drug-likeness (QED) is 0.496. The van der Waals surface area contributed by atoms with Gasteiger partial charge < -0.3 is 5.32 Å². The maximum atomic E-state index is 10.9. The van der Waals surface area contributed by atoms with Crippen molar-refractivity contribution in [2.24, 2.45) is 9.39 Å². The second-order valence-electron chi connectivity index (χ2n) is 5.23. The molecule has 0 saturated heterocycles. The SMILES string of the molecule is C=C(/C=C\C=NC)/C=C(/C)N/C(C)=N\S(C)(=O)=O.Cc1cccnc1. The number of allylic oxidation sites excluding steroid dienone is 5. The van der Waals surface area contributed by atoms with Crippen molar-refractivity contribution < 1.29 is 8.42 Å². The van der Waals surface area contributed by atoms with Gasteiger partial charge in [-0.05, 0) is 50.1 Å². The van der Waals surface area contributed by atoms with Crippen molar-refractivity contribution in [3.63, 3.8) is 0 Å². The number of sulfonamides is 1. The molecule has 0 aliphatic rings. The Hall–Kier alpha value is -2.54. The highest BCUT2D eigenvalue weighted by atomic mass is 32.2. The van der Waals surface area contributed by atoms with E-state index in [0.717, 1.165) is 17.5 Å². The Kier molecular flexibility index (Phi) is 10.7. The van der Waals surface area contributed by atoms with Gasteiger partial charge in [0.25, 0.3) is 10.0 Å². The van der Waals surface area contributed by atoms with Crippen LogP contribution < -0.4 is 5.32 Å². The second kappa shape index (κ2) is 11.9. The molecule has 0 aliphatic carbocycles. The molecule has 0 amide bonds. The first-order valence-electron chi connectivity index (χ1n) is 7.50. The molecule has 0 radical (unpaired) electrons. The van der Waals surface area contributed by atoms with Gasteiger partial charge in [-0.1, -0.05) is 18.7 Å². The summed E-state index contributed by atoms with van der Waals surface area (Å²) in [5.41, 5.74) is 2.73. The van der Waals surface area contributed by atoms with Crippen LogP contribution >= 0.6 is 0 Å². The van der Waals surface area contributed by atoms with Crippen LogP contribution in [-0.4, -0.2) is 38.8 Å². The van der Waals surface area contributed by atoms with Gasteiger partial charge in [0, 0.05) is 31.4 Å². The summed E-state index contributed by atoms with van der Waals surface area (Å²) < 4.78 is 25.4. The van der Waals surface area contributed by atoms with Gasteiger partial charge >= 0.3 is 0 Å². The first-order chi connectivity index (χ1) is 11.6. The standard InChI is InChI=1S/C12H19N3O2S.C6H7N/c1-10(7-6-8-13-4)9-11(2)14-12(3)15-18(5,16)17;1-6-3-2-4-7-5-6/h6-9H,1H2,2-5H3,(H,14,15);2-5H,1H3/b7-6-,11-9-,13-8?;. The molecule has 1 rings (SSSR count). The maximum Gasteiger partial charge on any atom is 0.251 e. The van der Waals surface area contributed by atoms with E-state index < -0.39 is 10.0 Å². The topological polar surface area (TPSA) is 83.8 Å². The average Bonchev–Trinajstić information content (AvgIpc) is 2.46. The normalized spacial score (nSPS) is 12.8. The van der Waals surface area contributed by atoms with Crippen LogP contribution in [0.15, 0.2) is 70.0 Å². The molecule has 6 nitrogen and oxygen atoms in total. The van der Waals surface area contributed by atoms with E-state index in [1.807, 2.05) is 25.3 Å². The van der Waals surface area contributed by atoms with Gasteiger partial charge in [-0.2, -0.15) is 4.40 Å². The maximum absolute atomic E-state index is 10.9. The van der Waals surface area contributed by atoms with Crippen molar-refractivity contribution >= 4 is 22.1 Å². The second-order valence-corrected chi connectivity index (χ2v) is 6.88. The van der Waals surface area contributed by atoms with Crippen molar-refractivity contribution in [2.75, 3.05) is 13.3 Å². The summed E-state index contributed by atoms with van der Waals surface area (Å²) in [5, 5.41) is 2.86. The number of aliphatic imine (C=N–C) groups is 1. The molecular weight excluding hydrogens is 336 g/mol. The molecule has 1 N–H and O–H groups in total. The molecule has 0 unspecified atom stereocenters. The first kappa shape index (κ1) is 22.5. The number of hydrogen-bond donors (Lipinski definition) is 1. The number of pyridine rings is 1. The minimum atomic E-state index is -3.37. The molecule has 1 aromatic heterocycles. The van der Waals surface area contributed by atoms with Crippen molar-refractivity contribution in [3.05, 3.63) is 66.2 Å². The van der Waals surface area contributed by atoms with E-state index >= 15 is 0 Å². The third-order valence-electron chi connectivity index (χ3n) is 2.44. The average molecular weight is 362 g/mol. The number of amidine groups is 1. The molecule has 0 atom stereocenters. The molecule has 0 aliphatic heterocycles. The smallest absolute Gasteiger partial charge is 0.251 e. The van der Waals surface area contributed by atoms with Gasteiger partial charge in [-0.25, -0.2) is 8.42 Å². The molecule has 1 aromatic rings. The van der Waals surface area contributed by atoms with Crippen molar-refractivity contribution in [3.8, 4) is 0 Å². The zero-order chi connectivity index (χ0) is 19.3. The zero-order valence-corrected chi connectivity index (χ0v) is 16.2. The summed E-state index contributed by atoms with van der Waals surface area (Å²) in [4.78, 5) is 7.68. The fourth-order valence-electron chi connectivity index (χ4n) is 1.62. The van der Waals surface area contributed by atoms with Crippen molar-refractivity contribution in [1.82, 2.24) is 10.3 Å². The van der Waals surface area contributed by atoms with Crippen LogP contribution in [-0.2, 0) is 10.0 Å². The minimum absolute atomic E-state index is 0.318. The predicted molar refractivity (Wildman–Crippen MR) is 107 cm³/mol. The summed E-state index contributed by atoms with van der Waals surface area (Å²) in [5.74, 6) is 0.318. The highest BCUT2D eigenvalue weighted by Gasteiger charge is 1.99. The number of aromatic nitrogens is 1. The number of nitrogens with zero attached hydrogens (tertiary/aromatic N) is 3. The zero-order valence-electron chi connectivity index (χ0n) is 15.4. The highest BCUT2D eigenvalue weighted by Crippen LogP contribution is 1.99. The van der Waals surface area contributed by atoms with Crippen LogP contribution in [0.1, 0.15) is 19.4 Å². The molecule has 0 fully saturated rings. The van der Waals surface area contributed by atoms with Crippen LogP contribution in [0.25, 0.3) is 0 Å². The Bertz CT molecular complexity index is 762. The number of hydrogen-bond acceptors (Lipinski definition) is 4. The third-order valence-corrected chi connectivity index (χ3v) is 3.04. The molecule has 25 heavy (non-hydrogen) atoms. The predicted octanol–water partition coefficient (Wildman–Crippen LogP) is 3.06.